The quantitative estimate of drug-likeness (QED) is 0.614. The second-order valence-electron chi connectivity index (χ2n) is 7.01. The summed E-state index contributed by atoms with van der Waals surface area (Å²) in [5.41, 5.74) is 1.62. The van der Waals surface area contributed by atoms with E-state index >= 15 is 0 Å². The lowest BCUT2D eigenvalue weighted by atomic mass is 9.96. The molecule has 3 heterocycles. The van der Waals surface area contributed by atoms with E-state index in [-0.39, 0.29) is 17.9 Å². The third-order valence-corrected chi connectivity index (χ3v) is 4.94. The highest BCUT2D eigenvalue weighted by atomic mass is 16.5. The Morgan fingerprint density at radius 2 is 1.97 bits per heavy atom. The van der Waals surface area contributed by atoms with Crippen molar-refractivity contribution in [3.63, 3.8) is 0 Å². The Balaban J connectivity index is 1.37. The van der Waals surface area contributed by atoms with Gasteiger partial charge in [-0.25, -0.2) is 0 Å². The molecular weight excluding hydrogens is 384 g/mol. The maximum absolute atomic E-state index is 12.9. The number of nitrogens with one attached hydrogen (secondary N) is 1. The lowest BCUT2D eigenvalue weighted by Crippen LogP contribution is -2.25. The Morgan fingerprint density at radius 3 is 2.73 bits per heavy atom. The van der Waals surface area contributed by atoms with E-state index in [1.807, 2.05) is 30.5 Å². The smallest absolute Gasteiger partial charge is 0.230 e. The number of hydrogen-bond donors (Lipinski definition) is 1. The number of rotatable bonds is 8. The van der Waals surface area contributed by atoms with Crippen LogP contribution in [-0.4, -0.2) is 41.0 Å². The minimum Gasteiger partial charge on any atom is -0.457 e. The highest BCUT2D eigenvalue weighted by molar-refractivity contribution is 5.93. The maximum atomic E-state index is 12.9. The van der Waals surface area contributed by atoms with Crippen LogP contribution >= 0.6 is 0 Å². The zero-order valence-electron chi connectivity index (χ0n) is 16.7. The number of nitrogens with zero attached hydrogens (tertiary/aromatic N) is 3. The second kappa shape index (κ2) is 9.51. The van der Waals surface area contributed by atoms with Crippen LogP contribution < -0.4 is 10.1 Å². The summed E-state index contributed by atoms with van der Waals surface area (Å²) in [4.78, 5) is 16.8. The fourth-order valence-corrected chi connectivity index (χ4v) is 3.40. The Labute approximate surface area is 174 Å². The lowest BCUT2D eigenvalue weighted by molar-refractivity contribution is -0.121. The van der Waals surface area contributed by atoms with Gasteiger partial charge in [0.1, 0.15) is 11.5 Å². The van der Waals surface area contributed by atoms with Crippen LogP contribution in [-0.2, 0) is 20.8 Å². The molecule has 8 heteroatoms. The van der Waals surface area contributed by atoms with Gasteiger partial charge in [-0.2, -0.15) is 5.10 Å². The molecule has 0 spiro atoms. The van der Waals surface area contributed by atoms with Gasteiger partial charge in [-0.1, -0.05) is 0 Å². The molecule has 2 aromatic heterocycles. The molecular formula is C22H24N4O4. The van der Waals surface area contributed by atoms with Gasteiger partial charge in [-0.05, 0) is 42.8 Å². The fraction of sp³-hybridized carbons (Fsp3) is 0.318. The Hall–Kier alpha value is -3.23. The highest BCUT2D eigenvalue weighted by Crippen LogP contribution is 2.35. The highest BCUT2D eigenvalue weighted by Gasteiger charge is 2.36. The van der Waals surface area contributed by atoms with E-state index < -0.39 is 0 Å². The maximum Gasteiger partial charge on any atom is 0.230 e. The van der Waals surface area contributed by atoms with E-state index in [1.165, 1.54) is 0 Å². The van der Waals surface area contributed by atoms with E-state index in [4.69, 9.17) is 14.2 Å². The summed E-state index contributed by atoms with van der Waals surface area (Å²) in [6, 6.07) is 10.8. The molecule has 1 aliphatic heterocycles. The van der Waals surface area contributed by atoms with E-state index in [1.54, 1.807) is 42.5 Å². The Morgan fingerprint density at radius 1 is 1.20 bits per heavy atom. The summed E-state index contributed by atoms with van der Waals surface area (Å²) in [7, 11) is 1.66. The normalized spacial score (nSPS) is 18.3. The summed E-state index contributed by atoms with van der Waals surface area (Å²) in [5, 5.41) is 7.31. The van der Waals surface area contributed by atoms with Crippen molar-refractivity contribution in [2.75, 3.05) is 25.6 Å². The van der Waals surface area contributed by atoms with Gasteiger partial charge in [-0.15, -0.1) is 0 Å². The van der Waals surface area contributed by atoms with Gasteiger partial charge in [-0.3, -0.25) is 14.5 Å². The van der Waals surface area contributed by atoms with Crippen LogP contribution in [0.1, 0.15) is 18.1 Å². The third-order valence-electron chi connectivity index (χ3n) is 4.94. The first kappa shape index (κ1) is 20.1. The first-order valence-corrected chi connectivity index (χ1v) is 9.84. The molecule has 0 aliphatic carbocycles. The lowest BCUT2D eigenvalue weighted by Gasteiger charge is -2.17. The summed E-state index contributed by atoms with van der Waals surface area (Å²) >= 11 is 0. The zero-order chi connectivity index (χ0) is 20.8. The van der Waals surface area contributed by atoms with Gasteiger partial charge in [0.2, 0.25) is 5.91 Å². The summed E-state index contributed by atoms with van der Waals surface area (Å²) in [6.45, 7) is 1.79. The molecule has 1 fully saturated rings. The van der Waals surface area contributed by atoms with Crippen molar-refractivity contribution in [2.45, 2.75) is 19.1 Å². The molecule has 0 bridgehead atoms. The van der Waals surface area contributed by atoms with Crippen LogP contribution in [0.3, 0.4) is 0 Å². The number of methoxy groups -OCH3 is 1. The second-order valence-corrected chi connectivity index (χ2v) is 7.01. The third kappa shape index (κ3) is 4.84. The molecule has 2 atom stereocenters. The first-order valence-electron chi connectivity index (χ1n) is 9.84. The van der Waals surface area contributed by atoms with Gasteiger partial charge < -0.3 is 19.5 Å². The summed E-state index contributed by atoms with van der Waals surface area (Å²) < 4.78 is 18.5. The van der Waals surface area contributed by atoms with Crippen molar-refractivity contribution in [1.29, 1.82) is 0 Å². The minimum absolute atomic E-state index is 0.0649. The van der Waals surface area contributed by atoms with E-state index in [0.717, 1.165) is 5.56 Å². The number of amides is 1. The molecule has 30 heavy (non-hydrogen) atoms. The fourth-order valence-electron chi connectivity index (χ4n) is 3.40. The van der Waals surface area contributed by atoms with Crippen LogP contribution in [0.2, 0.25) is 0 Å². The zero-order valence-corrected chi connectivity index (χ0v) is 16.7. The monoisotopic (exact) mass is 408 g/mol. The molecule has 0 saturated carbocycles. The average Bonchev–Trinajstić information content (AvgIpc) is 3.44. The Bertz CT molecular complexity index is 959. The van der Waals surface area contributed by atoms with Gasteiger partial charge >= 0.3 is 0 Å². The summed E-state index contributed by atoms with van der Waals surface area (Å²) in [5.74, 6) is 1.06. The number of aromatic nitrogens is 3. The number of pyridine rings is 1. The van der Waals surface area contributed by atoms with Crippen LogP contribution in [0.15, 0.2) is 61.2 Å². The summed E-state index contributed by atoms with van der Waals surface area (Å²) in [6.07, 6.45) is 7.40. The van der Waals surface area contributed by atoms with Crippen molar-refractivity contribution in [2.24, 2.45) is 5.92 Å². The molecule has 1 aliphatic rings. The minimum atomic E-state index is -0.296. The molecule has 0 radical (unpaired) electrons. The van der Waals surface area contributed by atoms with E-state index in [2.05, 4.69) is 15.4 Å². The molecule has 0 unspecified atom stereocenters. The van der Waals surface area contributed by atoms with E-state index in [9.17, 15) is 4.79 Å². The first-order chi connectivity index (χ1) is 14.7. The van der Waals surface area contributed by atoms with Crippen LogP contribution in [0, 0.1) is 5.92 Å². The average molecular weight is 408 g/mol. The number of anilines is 1. The van der Waals surface area contributed by atoms with Crippen molar-refractivity contribution in [3.8, 4) is 11.5 Å². The van der Waals surface area contributed by atoms with Crippen LogP contribution in [0.25, 0.3) is 0 Å². The van der Waals surface area contributed by atoms with Gasteiger partial charge in [0.15, 0.2) is 0 Å². The molecule has 3 aromatic rings. The molecule has 1 aromatic carbocycles. The molecule has 8 nitrogen and oxygen atoms in total. The number of carbonyl (C=O) groups is 1. The Kier molecular flexibility index (Phi) is 6.36. The predicted octanol–water partition coefficient (Wildman–Crippen LogP) is 3.43. The molecule has 156 valence electrons. The van der Waals surface area contributed by atoms with Crippen LogP contribution in [0.5, 0.6) is 11.5 Å². The predicted molar refractivity (Wildman–Crippen MR) is 110 cm³/mol. The van der Waals surface area contributed by atoms with Gasteiger partial charge in [0.05, 0.1) is 31.4 Å². The molecule has 1 amide bonds. The van der Waals surface area contributed by atoms with Crippen LogP contribution in [0.4, 0.5) is 5.69 Å². The van der Waals surface area contributed by atoms with Gasteiger partial charge in [0, 0.05) is 43.6 Å². The van der Waals surface area contributed by atoms with Crippen molar-refractivity contribution in [3.05, 3.63) is 66.7 Å². The topological polar surface area (TPSA) is 87.5 Å². The SMILES string of the molecule is COCCn1cc([C@H]2OCC[C@@H]2C(=O)Nc2ccc(Oc3ccncc3)cc2)cn1. The van der Waals surface area contributed by atoms with Crippen molar-refractivity contribution >= 4 is 11.6 Å². The number of hydrogen-bond acceptors (Lipinski definition) is 6. The number of carbonyl (C=O) groups excluding carboxylic acids is 1. The molecule has 4 rings (SSSR count). The number of ether oxygens (including phenoxy) is 3. The number of benzene rings is 1. The van der Waals surface area contributed by atoms with Crippen molar-refractivity contribution in [1.82, 2.24) is 14.8 Å². The standard InChI is InChI=1S/C22H24N4O4/c1-28-13-11-26-15-16(14-24-26)21-20(8-12-29-21)22(27)25-17-2-4-18(5-3-17)30-19-6-9-23-10-7-19/h2-7,9-10,14-15,20-21H,8,11-13H2,1H3,(H,25,27)/t20-,21+/m0/s1. The van der Waals surface area contributed by atoms with Crippen molar-refractivity contribution < 1.29 is 19.0 Å². The molecule has 1 saturated heterocycles. The van der Waals surface area contributed by atoms with Gasteiger partial charge in [0.25, 0.3) is 0 Å². The van der Waals surface area contributed by atoms with E-state index in [0.29, 0.717) is 43.4 Å². The largest absolute Gasteiger partial charge is 0.457 e. The molecule has 1 N–H and O–H groups in total.